The zero-order chi connectivity index (χ0) is 14.4. The summed E-state index contributed by atoms with van der Waals surface area (Å²) in [6.07, 6.45) is 4.05. The highest BCUT2D eigenvalue weighted by Crippen LogP contribution is 2.13. The minimum atomic E-state index is -0.262. The maximum atomic E-state index is 12.0. The number of halogens is 1. The van der Waals surface area contributed by atoms with E-state index in [4.69, 9.17) is 0 Å². The van der Waals surface area contributed by atoms with Crippen LogP contribution in [0.5, 0.6) is 0 Å². The van der Waals surface area contributed by atoms with Crippen molar-refractivity contribution in [1.29, 1.82) is 0 Å². The summed E-state index contributed by atoms with van der Waals surface area (Å²) in [6.45, 7) is 2.91. The van der Waals surface area contributed by atoms with Gasteiger partial charge in [0.2, 0.25) is 0 Å². The van der Waals surface area contributed by atoms with E-state index in [9.17, 15) is 4.79 Å². The van der Waals surface area contributed by atoms with Crippen LogP contribution in [0.1, 0.15) is 23.8 Å². The predicted molar refractivity (Wildman–Crippen MR) is 87.9 cm³/mol. The van der Waals surface area contributed by atoms with Crippen molar-refractivity contribution in [2.45, 2.75) is 13.3 Å². The van der Waals surface area contributed by atoms with Crippen LogP contribution in [0, 0.1) is 3.57 Å². The second kappa shape index (κ2) is 7.18. The summed E-state index contributed by atoms with van der Waals surface area (Å²) in [7, 11) is 0. The Balaban J connectivity index is 2.02. The molecule has 0 fully saturated rings. The molecule has 0 aliphatic rings. The van der Waals surface area contributed by atoms with Crippen molar-refractivity contribution < 1.29 is 4.79 Å². The summed E-state index contributed by atoms with van der Waals surface area (Å²) >= 11 is 2.20. The monoisotopic (exact) mass is 382 g/mol. The van der Waals surface area contributed by atoms with E-state index in [-0.39, 0.29) is 5.91 Å². The van der Waals surface area contributed by atoms with Crippen LogP contribution in [0.25, 0.3) is 0 Å². The zero-order valence-corrected chi connectivity index (χ0v) is 13.2. The Hall–Kier alpha value is -1.70. The number of carbonyl (C=O) groups excluding carboxylic acids is 1. The first kappa shape index (κ1) is 14.7. The maximum Gasteiger partial charge on any atom is 0.275 e. The van der Waals surface area contributed by atoms with Crippen molar-refractivity contribution in [2.75, 3.05) is 17.2 Å². The molecule has 1 heterocycles. The molecular weight excluding hydrogens is 367 g/mol. The van der Waals surface area contributed by atoms with Gasteiger partial charge in [-0.3, -0.25) is 4.79 Å². The fraction of sp³-hybridized carbons (Fsp3) is 0.214. The van der Waals surface area contributed by atoms with Gasteiger partial charge in [-0.2, -0.15) is 0 Å². The highest BCUT2D eigenvalue weighted by molar-refractivity contribution is 14.1. The first-order chi connectivity index (χ1) is 9.69. The van der Waals surface area contributed by atoms with Gasteiger partial charge in [0.1, 0.15) is 11.5 Å². The first-order valence-corrected chi connectivity index (χ1v) is 7.39. The molecule has 0 spiro atoms. The van der Waals surface area contributed by atoms with Gasteiger partial charge in [-0.05, 0) is 47.2 Å². The summed E-state index contributed by atoms with van der Waals surface area (Å²) < 4.78 is 1.06. The molecule has 1 aromatic carbocycles. The lowest BCUT2D eigenvalue weighted by Gasteiger charge is -2.06. The SMILES string of the molecule is CCCNc1cnc(C(=O)Nc2cccc(I)c2)cn1. The molecule has 0 aliphatic carbocycles. The second-order valence-corrected chi connectivity index (χ2v) is 5.42. The molecule has 1 amide bonds. The van der Waals surface area contributed by atoms with Crippen LogP contribution in [0.2, 0.25) is 0 Å². The molecule has 104 valence electrons. The average molecular weight is 382 g/mol. The van der Waals surface area contributed by atoms with Crippen molar-refractivity contribution >= 4 is 40.0 Å². The zero-order valence-electron chi connectivity index (χ0n) is 11.1. The van der Waals surface area contributed by atoms with Gasteiger partial charge in [0.05, 0.1) is 12.4 Å². The molecule has 5 nitrogen and oxygen atoms in total. The van der Waals surface area contributed by atoms with E-state index in [0.717, 1.165) is 22.2 Å². The minimum Gasteiger partial charge on any atom is -0.369 e. The Morgan fingerprint density at radius 3 is 2.80 bits per heavy atom. The molecule has 20 heavy (non-hydrogen) atoms. The van der Waals surface area contributed by atoms with Crippen LogP contribution in [0.3, 0.4) is 0 Å². The van der Waals surface area contributed by atoms with Crippen LogP contribution in [-0.4, -0.2) is 22.4 Å². The molecular formula is C14H15IN4O. The smallest absolute Gasteiger partial charge is 0.275 e. The number of nitrogens with one attached hydrogen (secondary N) is 2. The highest BCUT2D eigenvalue weighted by atomic mass is 127. The third kappa shape index (κ3) is 4.16. The Kier molecular flexibility index (Phi) is 5.28. The summed E-state index contributed by atoms with van der Waals surface area (Å²) in [4.78, 5) is 20.3. The third-order valence-corrected chi connectivity index (χ3v) is 3.19. The lowest BCUT2D eigenvalue weighted by atomic mass is 10.3. The van der Waals surface area contributed by atoms with Crippen LogP contribution in [0.15, 0.2) is 36.7 Å². The van der Waals surface area contributed by atoms with E-state index in [1.165, 1.54) is 6.20 Å². The van der Waals surface area contributed by atoms with Crippen LogP contribution < -0.4 is 10.6 Å². The van der Waals surface area contributed by atoms with E-state index < -0.39 is 0 Å². The van der Waals surface area contributed by atoms with E-state index in [2.05, 4.69) is 50.1 Å². The van der Waals surface area contributed by atoms with Crippen molar-refractivity contribution in [2.24, 2.45) is 0 Å². The molecule has 6 heteroatoms. The Morgan fingerprint density at radius 2 is 2.15 bits per heavy atom. The van der Waals surface area contributed by atoms with Crippen molar-refractivity contribution in [3.8, 4) is 0 Å². The van der Waals surface area contributed by atoms with E-state index in [0.29, 0.717) is 11.5 Å². The van der Waals surface area contributed by atoms with E-state index in [1.54, 1.807) is 6.20 Å². The summed E-state index contributed by atoms with van der Waals surface area (Å²) in [5, 5.41) is 5.91. The van der Waals surface area contributed by atoms with E-state index in [1.807, 2.05) is 24.3 Å². The average Bonchev–Trinajstić information content (AvgIpc) is 2.45. The number of carbonyl (C=O) groups is 1. The van der Waals surface area contributed by atoms with Gasteiger partial charge in [-0.1, -0.05) is 13.0 Å². The molecule has 0 bridgehead atoms. The number of anilines is 2. The number of hydrogen-bond donors (Lipinski definition) is 2. The normalized spacial score (nSPS) is 10.1. The topological polar surface area (TPSA) is 66.9 Å². The van der Waals surface area contributed by atoms with Crippen molar-refractivity contribution in [1.82, 2.24) is 9.97 Å². The number of benzene rings is 1. The molecule has 0 aliphatic heterocycles. The largest absolute Gasteiger partial charge is 0.369 e. The number of hydrogen-bond acceptors (Lipinski definition) is 4. The van der Waals surface area contributed by atoms with Gasteiger partial charge >= 0.3 is 0 Å². The lowest BCUT2D eigenvalue weighted by Crippen LogP contribution is -2.14. The van der Waals surface area contributed by atoms with Gasteiger partial charge in [0.25, 0.3) is 5.91 Å². The van der Waals surface area contributed by atoms with Gasteiger partial charge in [0, 0.05) is 15.8 Å². The fourth-order valence-electron chi connectivity index (χ4n) is 1.55. The van der Waals surface area contributed by atoms with Gasteiger partial charge in [-0.15, -0.1) is 0 Å². The Bertz CT molecular complexity index is 586. The fourth-order valence-corrected chi connectivity index (χ4v) is 2.09. The number of nitrogens with zero attached hydrogens (tertiary/aromatic N) is 2. The van der Waals surface area contributed by atoms with Crippen LogP contribution in [0.4, 0.5) is 11.5 Å². The van der Waals surface area contributed by atoms with Gasteiger partial charge in [-0.25, -0.2) is 9.97 Å². The molecule has 2 rings (SSSR count). The standard InChI is InChI=1S/C14H15IN4O/c1-2-6-16-13-9-17-12(8-18-13)14(20)19-11-5-3-4-10(15)7-11/h3-5,7-9H,2,6H2,1H3,(H,16,18)(H,19,20). The summed E-state index contributed by atoms with van der Waals surface area (Å²) in [5.41, 5.74) is 1.04. The van der Waals surface area contributed by atoms with Crippen LogP contribution in [-0.2, 0) is 0 Å². The van der Waals surface area contributed by atoms with Crippen molar-refractivity contribution in [3.63, 3.8) is 0 Å². The molecule has 0 saturated carbocycles. The summed E-state index contributed by atoms with van der Waals surface area (Å²) in [6, 6.07) is 7.58. The maximum absolute atomic E-state index is 12.0. The van der Waals surface area contributed by atoms with Crippen LogP contribution >= 0.6 is 22.6 Å². The second-order valence-electron chi connectivity index (χ2n) is 4.18. The minimum absolute atomic E-state index is 0.262. The van der Waals surface area contributed by atoms with Gasteiger partial charge < -0.3 is 10.6 Å². The Morgan fingerprint density at radius 1 is 1.30 bits per heavy atom. The molecule has 0 radical (unpaired) electrons. The number of amides is 1. The molecule has 0 saturated heterocycles. The van der Waals surface area contributed by atoms with Gasteiger partial charge in [0.15, 0.2) is 0 Å². The first-order valence-electron chi connectivity index (χ1n) is 6.32. The number of rotatable bonds is 5. The quantitative estimate of drug-likeness (QED) is 0.780. The molecule has 2 aromatic rings. The molecule has 0 unspecified atom stereocenters. The predicted octanol–water partition coefficient (Wildman–Crippen LogP) is 3.16. The van der Waals surface area contributed by atoms with E-state index >= 15 is 0 Å². The molecule has 2 N–H and O–H groups in total. The highest BCUT2D eigenvalue weighted by Gasteiger charge is 2.08. The molecule has 1 aromatic heterocycles. The Labute approximate surface area is 131 Å². The lowest BCUT2D eigenvalue weighted by molar-refractivity contribution is 0.102. The third-order valence-electron chi connectivity index (χ3n) is 2.52. The number of aromatic nitrogens is 2. The van der Waals surface area contributed by atoms with Crippen molar-refractivity contribution in [3.05, 3.63) is 45.9 Å². The molecule has 0 atom stereocenters. The summed E-state index contributed by atoms with van der Waals surface area (Å²) in [5.74, 6) is 0.416.